The number of halogens is 1. The molecular weight excluding hydrogens is 415 g/mol. The fourth-order valence-electron chi connectivity index (χ4n) is 3.33. The van der Waals surface area contributed by atoms with Crippen molar-refractivity contribution >= 4 is 24.1 Å². The molecule has 0 aromatic rings. The lowest BCUT2D eigenvalue weighted by Gasteiger charge is -2.34. The molecule has 0 aromatic carbocycles. The van der Waals surface area contributed by atoms with Gasteiger partial charge in [-0.05, 0) is 41.5 Å². The van der Waals surface area contributed by atoms with E-state index in [4.69, 9.17) is 18.9 Å². The van der Waals surface area contributed by atoms with Gasteiger partial charge >= 0.3 is 18.2 Å². The number of hydrogen-bond donors (Lipinski definition) is 0. The maximum absolute atomic E-state index is 16.1. The molecule has 1 aliphatic carbocycles. The van der Waals surface area contributed by atoms with Crippen LogP contribution in [0.15, 0.2) is 0 Å². The normalized spacial score (nSPS) is 26.0. The van der Waals surface area contributed by atoms with Crippen molar-refractivity contribution in [1.29, 1.82) is 0 Å². The fraction of sp³-hybridized carbons (Fsp3) is 0.800. The Bertz CT molecular complexity index is 725. The number of amides is 3. The van der Waals surface area contributed by atoms with Gasteiger partial charge in [0.15, 0.2) is 0 Å². The molecule has 1 saturated carbocycles. The molecule has 11 heteroatoms. The number of nitrogens with zero attached hydrogens (tertiary/aromatic N) is 2. The zero-order chi connectivity index (χ0) is 23.8. The number of ether oxygens (including phenoxy) is 4. The highest BCUT2D eigenvalue weighted by molar-refractivity contribution is 6.08. The summed E-state index contributed by atoms with van der Waals surface area (Å²) >= 11 is 0. The van der Waals surface area contributed by atoms with Gasteiger partial charge in [-0.1, -0.05) is 0 Å². The van der Waals surface area contributed by atoms with Crippen molar-refractivity contribution in [3.63, 3.8) is 0 Å². The molecule has 0 aromatic heterocycles. The lowest BCUT2D eigenvalue weighted by atomic mass is 10.1. The van der Waals surface area contributed by atoms with Crippen LogP contribution in [0.3, 0.4) is 0 Å². The maximum atomic E-state index is 16.1. The van der Waals surface area contributed by atoms with Crippen molar-refractivity contribution in [2.45, 2.75) is 70.4 Å². The van der Waals surface area contributed by atoms with Gasteiger partial charge in [0.2, 0.25) is 11.2 Å². The van der Waals surface area contributed by atoms with Crippen molar-refractivity contribution in [3.8, 4) is 0 Å². The van der Waals surface area contributed by atoms with Gasteiger partial charge in [-0.25, -0.2) is 18.8 Å². The Morgan fingerprint density at radius 3 is 1.77 bits per heavy atom. The first-order valence-corrected chi connectivity index (χ1v) is 10.00. The molecule has 1 aliphatic heterocycles. The third-order valence-corrected chi connectivity index (χ3v) is 4.72. The number of esters is 1. The van der Waals surface area contributed by atoms with Crippen molar-refractivity contribution in [2.24, 2.45) is 0 Å². The number of carbonyl (C=O) groups excluding carboxylic acids is 4. The third kappa shape index (κ3) is 4.91. The van der Waals surface area contributed by atoms with Crippen LogP contribution in [-0.2, 0) is 28.5 Å². The number of carbonyl (C=O) groups is 4. The Morgan fingerprint density at radius 2 is 1.39 bits per heavy atom. The van der Waals surface area contributed by atoms with Crippen LogP contribution < -0.4 is 0 Å². The van der Waals surface area contributed by atoms with Gasteiger partial charge in [0, 0.05) is 19.5 Å². The lowest BCUT2D eigenvalue weighted by Crippen LogP contribution is -2.60. The Balaban J connectivity index is 2.51. The molecule has 1 saturated heterocycles. The molecule has 10 nitrogen and oxygen atoms in total. The molecule has 31 heavy (non-hydrogen) atoms. The van der Waals surface area contributed by atoms with Crippen molar-refractivity contribution in [2.75, 3.05) is 33.4 Å². The minimum atomic E-state index is -2.88. The van der Waals surface area contributed by atoms with Crippen LogP contribution in [-0.4, -0.2) is 89.7 Å². The van der Waals surface area contributed by atoms with Crippen molar-refractivity contribution < 1.29 is 42.5 Å². The Morgan fingerprint density at radius 1 is 0.935 bits per heavy atom. The highest BCUT2D eigenvalue weighted by Gasteiger charge is 2.85. The third-order valence-electron chi connectivity index (χ3n) is 4.72. The molecule has 3 amide bonds. The van der Waals surface area contributed by atoms with E-state index >= 15 is 4.39 Å². The number of morpholine rings is 1. The van der Waals surface area contributed by atoms with E-state index in [1.165, 1.54) is 46.4 Å². The standard InChI is InChI=1S/C20H31FN2O8/c1-17(2,3)30-15(26)23(16(27)31-18(4,5)6)20(14(25)28-7)12-19(20,21)13(24)22-8-10-29-11-9-22/h8-12H2,1-7H3/t19-,20-/m0/s1. The quantitative estimate of drug-likeness (QED) is 0.478. The predicted octanol–water partition coefficient (Wildman–Crippen LogP) is 2.04. The fourth-order valence-corrected chi connectivity index (χ4v) is 3.33. The van der Waals surface area contributed by atoms with E-state index in [9.17, 15) is 19.2 Å². The van der Waals surface area contributed by atoms with Crippen molar-refractivity contribution in [3.05, 3.63) is 0 Å². The highest BCUT2D eigenvalue weighted by Crippen LogP contribution is 2.58. The summed E-state index contributed by atoms with van der Waals surface area (Å²) in [6, 6.07) is 0. The Labute approximate surface area is 180 Å². The zero-order valence-electron chi connectivity index (χ0n) is 19.1. The molecule has 176 valence electrons. The number of imide groups is 1. The average Bonchev–Trinajstić information content (AvgIpc) is 3.25. The molecule has 0 bridgehead atoms. The van der Waals surface area contributed by atoms with E-state index < -0.39 is 52.9 Å². The van der Waals surface area contributed by atoms with Gasteiger partial charge in [-0.3, -0.25) is 4.79 Å². The van der Waals surface area contributed by atoms with Gasteiger partial charge in [-0.15, -0.1) is 0 Å². The molecule has 2 fully saturated rings. The summed E-state index contributed by atoms with van der Waals surface area (Å²) in [5, 5.41) is 0. The zero-order valence-corrected chi connectivity index (χ0v) is 19.1. The second-order valence-electron chi connectivity index (χ2n) is 9.53. The smallest absolute Gasteiger partial charge is 0.421 e. The molecule has 0 spiro atoms. The molecule has 0 N–H and O–H groups in total. The number of methoxy groups -OCH3 is 1. The second-order valence-corrected chi connectivity index (χ2v) is 9.53. The largest absolute Gasteiger partial charge is 0.467 e. The molecule has 1 heterocycles. The summed E-state index contributed by atoms with van der Waals surface area (Å²) in [5.41, 5.74) is -7.57. The second kappa shape index (κ2) is 8.25. The summed E-state index contributed by atoms with van der Waals surface area (Å²) in [6.07, 6.45) is -3.40. The first-order valence-electron chi connectivity index (χ1n) is 10.00. The molecule has 2 atom stereocenters. The summed E-state index contributed by atoms with van der Waals surface area (Å²) < 4.78 is 36.5. The van der Waals surface area contributed by atoms with Crippen LogP contribution in [0.5, 0.6) is 0 Å². The van der Waals surface area contributed by atoms with Gasteiger partial charge in [0.05, 0.1) is 20.3 Å². The molecule has 2 rings (SSSR count). The van der Waals surface area contributed by atoms with Gasteiger partial charge in [0.25, 0.3) is 5.91 Å². The number of rotatable bonds is 3. The SMILES string of the molecule is COC(=O)[C@@]1(N(C(=O)OC(C)(C)C)C(=O)OC(C)(C)C)C[C@]1(F)C(=O)N1CCOCC1. The van der Waals surface area contributed by atoms with Gasteiger partial charge < -0.3 is 23.8 Å². The summed E-state index contributed by atoms with van der Waals surface area (Å²) in [4.78, 5) is 53.1. The minimum Gasteiger partial charge on any atom is -0.467 e. The number of hydrogen-bond acceptors (Lipinski definition) is 8. The van der Waals surface area contributed by atoms with Crippen LogP contribution in [0.1, 0.15) is 48.0 Å². The van der Waals surface area contributed by atoms with E-state index in [2.05, 4.69) is 0 Å². The van der Waals surface area contributed by atoms with E-state index in [1.54, 1.807) is 0 Å². The van der Waals surface area contributed by atoms with Gasteiger partial charge in [-0.2, -0.15) is 4.90 Å². The van der Waals surface area contributed by atoms with Crippen LogP contribution in [0.25, 0.3) is 0 Å². The van der Waals surface area contributed by atoms with E-state index in [0.29, 0.717) is 0 Å². The molecule has 2 aliphatic rings. The predicted molar refractivity (Wildman–Crippen MR) is 105 cm³/mol. The summed E-state index contributed by atoms with van der Waals surface area (Å²) in [6.45, 7) is 9.86. The van der Waals surface area contributed by atoms with Crippen LogP contribution in [0.4, 0.5) is 14.0 Å². The maximum Gasteiger partial charge on any atom is 0.421 e. The minimum absolute atomic E-state index is 0.112. The van der Waals surface area contributed by atoms with Crippen molar-refractivity contribution in [1.82, 2.24) is 9.80 Å². The summed E-state index contributed by atoms with van der Waals surface area (Å²) in [7, 11) is 0.977. The highest BCUT2D eigenvalue weighted by atomic mass is 19.1. The number of alkyl halides is 1. The van der Waals surface area contributed by atoms with Crippen LogP contribution in [0.2, 0.25) is 0 Å². The Hall–Kier alpha value is -2.43. The van der Waals surface area contributed by atoms with E-state index in [1.807, 2.05) is 0 Å². The molecule has 0 unspecified atom stereocenters. The van der Waals surface area contributed by atoms with Crippen LogP contribution >= 0.6 is 0 Å². The topological polar surface area (TPSA) is 112 Å². The monoisotopic (exact) mass is 446 g/mol. The molecular formula is C20H31FN2O8. The average molecular weight is 446 g/mol. The summed E-state index contributed by atoms with van der Waals surface area (Å²) in [5.74, 6) is -2.29. The lowest BCUT2D eigenvalue weighted by molar-refractivity contribution is -0.156. The first kappa shape index (κ1) is 24.8. The van der Waals surface area contributed by atoms with E-state index in [-0.39, 0.29) is 31.2 Å². The Kier molecular flexibility index (Phi) is 6.61. The first-order chi connectivity index (χ1) is 14.1. The van der Waals surface area contributed by atoms with E-state index in [0.717, 1.165) is 7.11 Å². The van der Waals surface area contributed by atoms with Crippen LogP contribution in [0, 0.1) is 0 Å². The van der Waals surface area contributed by atoms with Gasteiger partial charge in [0.1, 0.15) is 11.2 Å². The molecule has 0 radical (unpaired) electrons.